The summed E-state index contributed by atoms with van der Waals surface area (Å²) >= 11 is 5.12. The SMILES string of the molecule is COC(=O)c1ccc(N)c(NCCc2ccc(Br)s2)n1. The number of pyridine rings is 1. The highest BCUT2D eigenvalue weighted by atomic mass is 79.9. The number of methoxy groups -OCH3 is 1. The number of hydrogen-bond donors (Lipinski definition) is 2. The highest BCUT2D eigenvalue weighted by Gasteiger charge is 2.10. The second-order valence-corrected chi connectivity index (χ2v) is 6.56. The number of nitrogens with two attached hydrogens (primary N) is 1. The Morgan fingerprint density at radius 1 is 1.45 bits per heavy atom. The van der Waals surface area contributed by atoms with Crippen molar-refractivity contribution in [1.29, 1.82) is 0 Å². The Morgan fingerprint density at radius 3 is 2.90 bits per heavy atom. The minimum absolute atomic E-state index is 0.239. The average molecular weight is 356 g/mol. The van der Waals surface area contributed by atoms with Crippen LogP contribution in [0.5, 0.6) is 0 Å². The molecule has 0 saturated heterocycles. The lowest BCUT2D eigenvalue weighted by molar-refractivity contribution is 0.0594. The summed E-state index contributed by atoms with van der Waals surface area (Å²) in [5, 5.41) is 3.14. The lowest BCUT2D eigenvalue weighted by Gasteiger charge is -2.09. The smallest absolute Gasteiger partial charge is 0.356 e. The van der Waals surface area contributed by atoms with Crippen molar-refractivity contribution in [2.45, 2.75) is 6.42 Å². The van der Waals surface area contributed by atoms with Gasteiger partial charge in [0, 0.05) is 11.4 Å². The van der Waals surface area contributed by atoms with Gasteiger partial charge >= 0.3 is 5.97 Å². The van der Waals surface area contributed by atoms with Gasteiger partial charge in [-0.15, -0.1) is 11.3 Å². The van der Waals surface area contributed by atoms with Crippen LogP contribution in [-0.4, -0.2) is 24.6 Å². The van der Waals surface area contributed by atoms with E-state index < -0.39 is 5.97 Å². The number of nitrogens with zero attached hydrogens (tertiary/aromatic N) is 1. The number of aromatic nitrogens is 1. The molecule has 0 radical (unpaired) electrons. The lowest BCUT2D eigenvalue weighted by atomic mass is 10.3. The predicted octanol–water partition coefficient (Wildman–Crippen LogP) is 2.93. The zero-order valence-electron chi connectivity index (χ0n) is 10.9. The van der Waals surface area contributed by atoms with Crippen LogP contribution in [0.25, 0.3) is 0 Å². The summed E-state index contributed by atoms with van der Waals surface area (Å²) in [7, 11) is 1.32. The molecule has 20 heavy (non-hydrogen) atoms. The van der Waals surface area contributed by atoms with Crippen molar-refractivity contribution in [2.24, 2.45) is 0 Å². The van der Waals surface area contributed by atoms with Gasteiger partial charge in [-0.3, -0.25) is 0 Å². The second kappa shape index (κ2) is 6.71. The Hall–Kier alpha value is -1.60. The fraction of sp³-hybridized carbons (Fsp3) is 0.231. The predicted molar refractivity (Wildman–Crippen MR) is 84.2 cm³/mol. The summed E-state index contributed by atoms with van der Waals surface area (Å²) in [4.78, 5) is 16.8. The van der Waals surface area contributed by atoms with Crippen molar-refractivity contribution in [2.75, 3.05) is 24.7 Å². The summed E-state index contributed by atoms with van der Waals surface area (Å²) in [5.41, 5.74) is 6.58. The molecule has 0 fully saturated rings. The molecule has 2 aromatic rings. The number of anilines is 2. The third-order valence-corrected chi connectivity index (χ3v) is 4.30. The molecule has 3 N–H and O–H groups in total. The van der Waals surface area contributed by atoms with Crippen LogP contribution in [0.15, 0.2) is 28.1 Å². The van der Waals surface area contributed by atoms with Gasteiger partial charge in [-0.25, -0.2) is 9.78 Å². The number of hydrogen-bond acceptors (Lipinski definition) is 6. The molecule has 0 aromatic carbocycles. The number of thiophene rings is 1. The van der Waals surface area contributed by atoms with Gasteiger partial charge < -0.3 is 15.8 Å². The standard InChI is InChI=1S/C13H14BrN3O2S/c1-19-13(18)10-4-3-9(15)12(17-10)16-7-6-8-2-5-11(14)20-8/h2-5H,6-7,15H2,1H3,(H,16,17). The maximum atomic E-state index is 11.4. The molecule has 0 atom stereocenters. The van der Waals surface area contributed by atoms with E-state index in [0.717, 1.165) is 10.2 Å². The lowest BCUT2D eigenvalue weighted by Crippen LogP contribution is -2.11. The van der Waals surface area contributed by atoms with E-state index in [4.69, 9.17) is 5.73 Å². The van der Waals surface area contributed by atoms with Gasteiger partial charge in [0.25, 0.3) is 0 Å². The number of nitrogens with one attached hydrogen (secondary N) is 1. The summed E-state index contributed by atoms with van der Waals surface area (Å²) in [6, 6.07) is 7.27. The molecule has 2 rings (SSSR count). The minimum Gasteiger partial charge on any atom is -0.464 e. The van der Waals surface area contributed by atoms with Crippen LogP contribution in [0, 0.1) is 0 Å². The molecule has 0 amide bonds. The van der Waals surface area contributed by atoms with Crippen LogP contribution in [0.1, 0.15) is 15.4 Å². The molecule has 2 aromatic heterocycles. The Bertz CT molecular complexity index is 615. The normalized spacial score (nSPS) is 10.3. The maximum absolute atomic E-state index is 11.4. The quantitative estimate of drug-likeness (QED) is 0.806. The highest BCUT2D eigenvalue weighted by Crippen LogP contribution is 2.23. The summed E-state index contributed by atoms with van der Waals surface area (Å²) < 4.78 is 5.74. The van der Waals surface area contributed by atoms with Gasteiger partial charge in [0.05, 0.1) is 16.6 Å². The maximum Gasteiger partial charge on any atom is 0.356 e. The van der Waals surface area contributed by atoms with Crippen molar-refractivity contribution in [1.82, 2.24) is 4.98 Å². The van der Waals surface area contributed by atoms with Crippen molar-refractivity contribution in [3.63, 3.8) is 0 Å². The van der Waals surface area contributed by atoms with Crippen molar-refractivity contribution >= 4 is 44.7 Å². The first kappa shape index (κ1) is 14.8. The molecule has 0 bridgehead atoms. The number of ether oxygens (including phenoxy) is 1. The van der Waals surface area contributed by atoms with Crippen LogP contribution in [0.3, 0.4) is 0 Å². The zero-order chi connectivity index (χ0) is 14.5. The fourth-order valence-corrected chi connectivity index (χ4v) is 3.10. The fourth-order valence-electron chi connectivity index (χ4n) is 1.62. The van der Waals surface area contributed by atoms with Crippen LogP contribution in [0.2, 0.25) is 0 Å². The Labute approximate surface area is 129 Å². The summed E-state index contributed by atoms with van der Waals surface area (Å²) in [6.07, 6.45) is 0.861. The number of carbonyl (C=O) groups is 1. The van der Waals surface area contributed by atoms with Crippen LogP contribution in [-0.2, 0) is 11.2 Å². The Morgan fingerprint density at radius 2 is 2.25 bits per heavy atom. The largest absolute Gasteiger partial charge is 0.464 e. The van der Waals surface area contributed by atoms with E-state index in [1.165, 1.54) is 12.0 Å². The number of carbonyl (C=O) groups excluding carboxylic acids is 1. The topological polar surface area (TPSA) is 77.2 Å². The van der Waals surface area contributed by atoms with Crippen LogP contribution < -0.4 is 11.1 Å². The number of nitrogen functional groups attached to an aromatic ring is 1. The van der Waals surface area contributed by atoms with Gasteiger partial charge in [0.15, 0.2) is 5.69 Å². The first-order valence-electron chi connectivity index (χ1n) is 5.93. The van der Waals surface area contributed by atoms with Gasteiger partial charge in [0.1, 0.15) is 5.82 Å². The monoisotopic (exact) mass is 355 g/mol. The zero-order valence-corrected chi connectivity index (χ0v) is 13.3. The third kappa shape index (κ3) is 3.71. The highest BCUT2D eigenvalue weighted by molar-refractivity contribution is 9.11. The number of rotatable bonds is 5. The van der Waals surface area contributed by atoms with E-state index >= 15 is 0 Å². The first-order valence-corrected chi connectivity index (χ1v) is 7.54. The Balaban J connectivity index is 1.99. The molecule has 0 spiro atoms. The second-order valence-electron chi connectivity index (χ2n) is 4.01. The molecule has 5 nitrogen and oxygen atoms in total. The molecule has 2 heterocycles. The molecule has 106 valence electrons. The van der Waals surface area contributed by atoms with E-state index in [9.17, 15) is 4.79 Å². The molecule has 0 aliphatic carbocycles. The first-order chi connectivity index (χ1) is 9.60. The molecule has 0 aliphatic rings. The van der Waals surface area contributed by atoms with E-state index in [0.29, 0.717) is 18.1 Å². The van der Waals surface area contributed by atoms with E-state index in [1.54, 1.807) is 23.5 Å². The van der Waals surface area contributed by atoms with E-state index in [1.807, 2.05) is 6.07 Å². The van der Waals surface area contributed by atoms with Gasteiger partial charge in [-0.1, -0.05) is 0 Å². The van der Waals surface area contributed by atoms with Gasteiger partial charge in [0.2, 0.25) is 0 Å². The van der Waals surface area contributed by atoms with Crippen molar-refractivity contribution < 1.29 is 9.53 Å². The summed E-state index contributed by atoms with van der Waals surface area (Å²) in [6.45, 7) is 0.689. The van der Waals surface area contributed by atoms with Gasteiger partial charge in [-0.05, 0) is 46.6 Å². The number of halogens is 1. The van der Waals surface area contributed by atoms with Crippen molar-refractivity contribution in [3.8, 4) is 0 Å². The van der Waals surface area contributed by atoms with Crippen molar-refractivity contribution in [3.05, 3.63) is 38.6 Å². The Kier molecular flexibility index (Phi) is 4.97. The molecule has 0 aliphatic heterocycles. The third-order valence-electron chi connectivity index (χ3n) is 2.61. The minimum atomic E-state index is -0.477. The number of esters is 1. The molecule has 0 unspecified atom stereocenters. The van der Waals surface area contributed by atoms with E-state index in [-0.39, 0.29) is 5.69 Å². The van der Waals surface area contributed by atoms with Crippen LogP contribution in [0.4, 0.5) is 11.5 Å². The van der Waals surface area contributed by atoms with E-state index in [2.05, 4.69) is 37.0 Å². The average Bonchev–Trinajstić information content (AvgIpc) is 2.85. The molecular formula is C13H14BrN3O2S. The molecule has 7 heteroatoms. The molecule has 0 saturated carbocycles. The van der Waals surface area contributed by atoms with Crippen LogP contribution >= 0.6 is 27.3 Å². The van der Waals surface area contributed by atoms with Gasteiger partial charge in [-0.2, -0.15) is 0 Å². The molecular weight excluding hydrogens is 342 g/mol. The summed E-state index contributed by atoms with van der Waals surface area (Å²) in [5.74, 6) is 0.0266.